The van der Waals surface area contributed by atoms with Gasteiger partial charge in [-0.3, -0.25) is 14.4 Å². The first-order valence-corrected chi connectivity index (χ1v) is 12.2. The maximum atomic E-state index is 12.8. The summed E-state index contributed by atoms with van der Waals surface area (Å²) in [5.41, 5.74) is 1.67. The number of aryl methyl sites for hydroxylation is 1. The summed E-state index contributed by atoms with van der Waals surface area (Å²) in [7, 11) is 0. The first-order chi connectivity index (χ1) is 15.3. The molecule has 5 atom stereocenters. The number of amides is 2. The van der Waals surface area contributed by atoms with Crippen molar-refractivity contribution in [3.8, 4) is 0 Å². The molecule has 1 aromatic rings. The van der Waals surface area contributed by atoms with Crippen LogP contribution in [0.5, 0.6) is 0 Å². The van der Waals surface area contributed by atoms with E-state index in [1.165, 1.54) is 25.7 Å². The largest absolute Gasteiger partial charge is 0.452 e. The highest BCUT2D eigenvalue weighted by Crippen LogP contribution is 2.49. The molecule has 0 spiro atoms. The van der Waals surface area contributed by atoms with Gasteiger partial charge in [0.2, 0.25) is 0 Å². The molecule has 1 heterocycles. The monoisotopic (exact) mass is 440 g/mol. The molecule has 6 nitrogen and oxygen atoms in total. The highest BCUT2D eigenvalue weighted by atomic mass is 16.5. The van der Waals surface area contributed by atoms with E-state index in [9.17, 15) is 14.4 Å². The van der Waals surface area contributed by atoms with Gasteiger partial charge in [-0.15, -0.1) is 0 Å². The number of nitrogens with zero attached hydrogens (tertiary/aromatic N) is 1. The van der Waals surface area contributed by atoms with Crippen molar-refractivity contribution in [1.82, 2.24) is 10.2 Å². The lowest BCUT2D eigenvalue weighted by molar-refractivity contribution is -0.160. The molecule has 4 rings (SSSR count). The van der Waals surface area contributed by atoms with Gasteiger partial charge in [-0.1, -0.05) is 24.6 Å². The summed E-state index contributed by atoms with van der Waals surface area (Å²) in [5, 5.41) is 3.09. The minimum absolute atomic E-state index is 0.0114. The first-order valence-electron chi connectivity index (χ1n) is 12.2. The highest BCUT2D eigenvalue weighted by molar-refractivity contribution is 5.95. The third-order valence-corrected chi connectivity index (χ3v) is 7.96. The van der Waals surface area contributed by atoms with Gasteiger partial charge in [0.1, 0.15) is 0 Å². The molecule has 1 N–H and O–H groups in total. The topological polar surface area (TPSA) is 75.7 Å². The van der Waals surface area contributed by atoms with E-state index in [1.807, 2.05) is 31.2 Å². The van der Waals surface area contributed by atoms with Crippen LogP contribution in [-0.4, -0.2) is 47.9 Å². The number of esters is 1. The maximum absolute atomic E-state index is 12.8. The van der Waals surface area contributed by atoms with Crippen molar-refractivity contribution in [2.24, 2.45) is 23.7 Å². The molecule has 6 heteroatoms. The number of likely N-dealkylation sites (tertiary alicyclic amines) is 1. The van der Waals surface area contributed by atoms with E-state index in [-0.39, 0.29) is 29.7 Å². The van der Waals surface area contributed by atoms with E-state index in [0.29, 0.717) is 37.4 Å². The average molecular weight is 441 g/mol. The number of fused-ring (bicyclic) bond motifs is 2. The van der Waals surface area contributed by atoms with Gasteiger partial charge in [-0.2, -0.15) is 0 Å². The van der Waals surface area contributed by atoms with Crippen LogP contribution in [-0.2, 0) is 14.3 Å². The number of carbonyl (C=O) groups is 3. The summed E-state index contributed by atoms with van der Waals surface area (Å²) in [5.74, 6) is 1.33. The predicted octanol–water partition coefficient (Wildman–Crippen LogP) is 3.72. The van der Waals surface area contributed by atoms with Crippen molar-refractivity contribution in [2.75, 3.05) is 13.1 Å². The molecule has 1 aliphatic heterocycles. The van der Waals surface area contributed by atoms with Crippen molar-refractivity contribution in [2.45, 2.75) is 71.4 Å². The van der Waals surface area contributed by atoms with Gasteiger partial charge < -0.3 is 15.0 Å². The van der Waals surface area contributed by atoms with E-state index in [2.05, 4.69) is 12.2 Å². The molecular formula is C26H36N2O4. The Morgan fingerprint density at radius 3 is 2.38 bits per heavy atom. The van der Waals surface area contributed by atoms with Crippen molar-refractivity contribution in [3.05, 3.63) is 35.4 Å². The molecule has 0 radical (unpaired) electrons. The summed E-state index contributed by atoms with van der Waals surface area (Å²) in [6.45, 7) is 6.71. The SMILES string of the molecule is Cc1ccccc1C(=O)N1CCC(C(=O)OC(C)C(=O)NC(C)C2CC3CCC2C3)CC1. The first kappa shape index (κ1) is 22.8. The van der Waals surface area contributed by atoms with E-state index < -0.39 is 6.10 Å². The average Bonchev–Trinajstić information content (AvgIpc) is 3.43. The van der Waals surface area contributed by atoms with Crippen LogP contribution in [0.15, 0.2) is 24.3 Å². The number of nitrogens with one attached hydrogen (secondary N) is 1. The van der Waals surface area contributed by atoms with Crippen LogP contribution >= 0.6 is 0 Å². The Labute approximate surface area is 191 Å². The second-order valence-corrected chi connectivity index (χ2v) is 10.1. The van der Waals surface area contributed by atoms with Gasteiger partial charge in [-0.25, -0.2) is 0 Å². The van der Waals surface area contributed by atoms with Crippen LogP contribution in [0.2, 0.25) is 0 Å². The van der Waals surface area contributed by atoms with Gasteiger partial charge in [0.25, 0.3) is 11.8 Å². The second-order valence-electron chi connectivity index (χ2n) is 10.1. The van der Waals surface area contributed by atoms with Crippen LogP contribution in [0.4, 0.5) is 0 Å². The van der Waals surface area contributed by atoms with Gasteiger partial charge in [-0.05, 0) is 82.3 Å². The van der Waals surface area contributed by atoms with Crippen molar-refractivity contribution in [1.29, 1.82) is 0 Å². The molecule has 5 unspecified atom stereocenters. The Hall–Kier alpha value is -2.37. The molecule has 0 aromatic heterocycles. The quantitative estimate of drug-likeness (QED) is 0.684. The molecule has 3 fully saturated rings. The summed E-state index contributed by atoms with van der Waals surface area (Å²) >= 11 is 0. The second kappa shape index (κ2) is 9.63. The summed E-state index contributed by atoms with van der Waals surface area (Å²) < 4.78 is 5.52. The molecule has 2 aliphatic carbocycles. The Kier molecular flexibility index (Phi) is 6.87. The highest BCUT2D eigenvalue weighted by Gasteiger charge is 2.42. The number of hydrogen-bond donors (Lipinski definition) is 1. The van der Waals surface area contributed by atoms with Crippen molar-refractivity contribution >= 4 is 17.8 Å². The third kappa shape index (κ3) is 4.84. The lowest BCUT2D eigenvalue weighted by Gasteiger charge is -2.32. The fraction of sp³-hybridized carbons (Fsp3) is 0.654. The molecule has 2 amide bonds. The van der Waals surface area contributed by atoms with E-state index in [4.69, 9.17) is 4.74 Å². The molecule has 32 heavy (non-hydrogen) atoms. The summed E-state index contributed by atoms with van der Waals surface area (Å²) in [4.78, 5) is 39.9. The van der Waals surface area contributed by atoms with E-state index >= 15 is 0 Å². The normalized spacial score (nSPS) is 27.1. The van der Waals surface area contributed by atoms with Crippen LogP contribution in [0, 0.1) is 30.6 Å². The molecule has 1 saturated heterocycles. The van der Waals surface area contributed by atoms with Crippen LogP contribution in [0.1, 0.15) is 68.3 Å². The minimum Gasteiger partial charge on any atom is -0.452 e. The lowest BCUT2D eigenvalue weighted by Crippen LogP contribution is -2.46. The summed E-state index contributed by atoms with van der Waals surface area (Å²) in [6.07, 6.45) is 5.46. The lowest BCUT2D eigenvalue weighted by atomic mass is 9.84. The standard InChI is InChI=1S/C26H36N2O4/c1-16-6-4-5-7-22(16)25(30)28-12-10-20(11-13-28)26(31)32-18(3)24(29)27-17(2)23-15-19-8-9-21(23)14-19/h4-7,17-21,23H,8-15H2,1-3H3,(H,27,29). The van der Waals surface area contributed by atoms with Gasteiger partial charge in [0, 0.05) is 24.7 Å². The van der Waals surface area contributed by atoms with Crippen molar-refractivity contribution < 1.29 is 19.1 Å². The van der Waals surface area contributed by atoms with Gasteiger partial charge in [0.05, 0.1) is 5.92 Å². The number of ether oxygens (including phenoxy) is 1. The van der Waals surface area contributed by atoms with Crippen molar-refractivity contribution in [3.63, 3.8) is 0 Å². The fourth-order valence-electron chi connectivity index (χ4n) is 5.98. The zero-order valence-electron chi connectivity index (χ0n) is 19.5. The Balaban J connectivity index is 1.22. The Bertz CT molecular complexity index is 861. The molecule has 174 valence electrons. The van der Waals surface area contributed by atoms with E-state index in [0.717, 1.165) is 17.4 Å². The zero-order chi connectivity index (χ0) is 22.8. The smallest absolute Gasteiger partial charge is 0.309 e. The molecule has 1 aromatic carbocycles. The third-order valence-electron chi connectivity index (χ3n) is 7.96. The van der Waals surface area contributed by atoms with E-state index in [1.54, 1.807) is 11.8 Å². The zero-order valence-corrected chi connectivity index (χ0v) is 19.5. The van der Waals surface area contributed by atoms with Gasteiger partial charge in [0.15, 0.2) is 6.10 Å². The summed E-state index contributed by atoms with van der Waals surface area (Å²) in [6, 6.07) is 7.69. The van der Waals surface area contributed by atoms with Gasteiger partial charge >= 0.3 is 5.97 Å². The van der Waals surface area contributed by atoms with Crippen LogP contribution in [0.3, 0.4) is 0 Å². The fourth-order valence-corrected chi connectivity index (χ4v) is 5.98. The minimum atomic E-state index is -0.796. The predicted molar refractivity (Wildman–Crippen MR) is 122 cm³/mol. The number of rotatable bonds is 6. The Morgan fingerprint density at radius 2 is 1.75 bits per heavy atom. The molecule has 2 bridgehead atoms. The number of hydrogen-bond acceptors (Lipinski definition) is 4. The number of benzene rings is 1. The molecule has 3 aliphatic rings. The van der Waals surface area contributed by atoms with Crippen LogP contribution < -0.4 is 5.32 Å². The maximum Gasteiger partial charge on any atom is 0.309 e. The number of carbonyl (C=O) groups excluding carboxylic acids is 3. The Morgan fingerprint density at radius 1 is 1.03 bits per heavy atom. The molecule has 2 saturated carbocycles. The molecular weight excluding hydrogens is 404 g/mol. The van der Waals surface area contributed by atoms with Crippen LogP contribution in [0.25, 0.3) is 0 Å². The number of piperidine rings is 1.